The van der Waals surface area contributed by atoms with E-state index in [0.29, 0.717) is 29.0 Å². The first-order chi connectivity index (χ1) is 19.2. The zero-order valence-corrected chi connectivity index (χ0v) is 21.8. The quantitative estimate of drug-likeness (QED) is 0.201. The van der Waals surface area contributed by atoms with E-state index < -0.39 is 35.1 Å². The minimum Gasteiger partial charge on any atom is -0.351 e. The van der Waals surface area contributed by atoms with E-state index in [-0.39, 0.29) is 35.5 Å². The number of amides is 2. The van der Waals surface area contributed by atoms with Crippen LogP contribution in [-0.4, -0.2) is 28.0 Å². The van der Waals surface area contributed by atoms with Gasteiger partial charge in [0, 0.05) is 18.7 Å². The molecule has 0 bridgehead atoms. The van der Waals surface area contributed by atoms with E-state index in [1.165, 1.54) is 24.3 Å². The third kappa shape index (κ3) is 6.02. The van der Waals surface area contributed by atoms with Gasteiger partial charge in [0.2, 0.25) is 5.91 Å². The minimum absolute atomic E-state index is 0.0694. The zero-order chi connectivity index (χ0) is 29.6. The monoisotopic (exact) mass is 594 g/mol. The zero-order valence-electron chi connectivity index (χ0n) is 21.0. The lowest BCUT2D eigenvalue weighted by Gasteiger charge is -2.18. The normalized spacial score (nSPS) is 14.6. The molecule has 0 aliphatic heterocycles. The van der Waals surface area contributed by atoms with E-state index in [1.54, 1.807) is 24.3 Å². The number of carbonyl (C=O) groups is 2. The van der Waals surface area contributed by atoms with Gasteiger partial charge in [-0.2, -0.15) is 26.3 Å². The van der Waals surface area contributed by atoms with Crippen LogP contribution in [0.5, 0.6) is 0 Å². The van der Waals surface area contributed by atoms with Crippen LogP contribution in [0.1, 0.15) is 45.7 Å². The molecule has 1 fully saturated rings. The molecular weight excluding hydrogens is 574 g/mol. The molecule has 3 aromatic carbocycles. The second kappa shape index (κ2) is 10.4. The summed E-state index contributed by atoms with van der Waals surface area (Å²) in [5.74, 6) is -1.20. The van der Waals surface area contributed by atoms with Crippen LogP contribution < -0.4 is 10.6 Å². The third-order valence-corrected chi connectivity index (χ3v) is 7.23. The molecule has 1 aromatic heterocycles. The second-order valence-corrected chi connectivity index (χ2v) is 10.2. The number of aromatic nitrogens is 2. The number of aromatic amines is 1. The van der Waals surface area contributed by atoms with Crippen molar-refractivity contribution >= 4 is 40.1 Å². The maximum Gasteiger partial charge on any atom is 0.416 e. The number of H-pyrrole nitrogens is 1. The summed E-state index contributed by atoms with van der Waals surface area (Å²) in [5.41, 5.74) is -0.770. The summed E-state index contributed by atoms with van der Waals surface area (Å²) in [7, 11) is 0. The molecule has 1 aliphatic rings. The fourth-order valence-corrected chi connectivity index (χ4v) is 4.60. The molecule has 3 N–H and O–H groups in total. The van der Waals surface area contributed by atoms with Crippen molar-refractivity contribution in [1.29, 1.82) is 0 Å². The molecule has 5 rings (SSSR count). The van der Waals surface area contributed by atoms with Crippen LogP contribution in [0.3, 0.4) is 0 Å². The van der Waals surface area contributed by atoms with E-state index in [4.69, 9.17) is 11.6 Å². The van der Waals surface area contributed by atoms with Crippen molar-refractivity contribution in [3.8, 4) is 0 Å². The Morgan fingerprint density at radius 1 is 0.927 bits per heavy atom. The predicted molar refractivity (Wildman–Crippen MR) is 139 cm³/mol. The van der Waals surface area contributed by atoms with Crippen molar-refractivity contribution in [2.24, 2.45) is 5.41 Å². The molecule has 41 heavy (non-hydrogen) atoms. The SMILES string of the molecule is O=C(Nc1ccc(Cc2nc3ccc(C(F)(F)F)cc3[nH]2)cc1)c1cc(CNC(=O)C2(C(F)(F)F)CC2)ccc1Cl. The number of benzene rings is 3. The fourth-order valence-electron chi connectivity index (χ4n) is 4.39. The van der Waals surface area contributed by atoms with Crippen LogP contribution in [-0.2, 0) is 23.9 Å². The number of rotatable bonds is 7. The average molecular weight is 595 g/mol. The Balaban J connectivity index is 1.21. The summed E-state index contributed by atoms with van der Waals surface area (Å²) in [4.78, 5) is 32.2. The summed E-state index contributed by atoms with van der Waals surface area (Å²) in [6, 6.07) is 14.3. The number of carbonyl (C=O) groups excluding carboxylic acids is 2. The largest absolute Gasteiger partial charge is 0.416 e. The lowest BCUT2D eigenvalue weighted by atomic mass is 10.1. The van der Waals surface area contributed by atoms with Crippen molar-refractivity contribution in [3.05, 3.63) is 93.8 Å². The maximum absolute atomic E-state index is 13.2. The van der Waals surface area contributed by atoms with E-state index in [1.807, 2.05) is 0 Å². The molecule has 13 heteroatoms. The molecule has 1 heterocycles. The number of imidazole rings is 1. The van der Waals surface area contributed by atoms with Gasteiger partial charge in [0.1, 0.15) is 11.2 Å². The molecule has 2 amide bonds. The minimum atomic E-state index is -4.62. The van der Waals surface area contributed by atoms with Gasteiger partial charge < -0.3 is 15.6 Å². The van der Waals surface area contributed by atoms with Crippen molar-refractivity contribution in [2.75, 3.05) is 5.32 Å². The molecule has 1 saturated carbocycles. The van der Waals surface area contributed by atoms with Gasteiger partial charge in [-0.25, -0.2) is 4.98 Å². The van der Waals surface area contributed by atoms with E-state index in [0.717, 1.165) is 17.7 Å². The van der Waals surface area contributed by atoms with Gasteiger partial charge in [0.05, 0.1) is 27.2 Å². The first-order valence-corrected chi connectivity index (χ1v) is 12.7. The van der Waals surface area contributed by atoms with Crippen LogP contribution >= 0.6 is 11.6 Å². The molecule has 0 saturated heterocycles. The molecule has 1 aliphatic carbocycles. The molecule has 214 valence electrons. The number of alkyl halides is 6. The van der Waals surface area contributed by atoms with Gasteiger partial charge in [-0.1, -0.05) is 29.8 Å². The van der Waals surface area contributed by atoms with Crippen LogP contribution in [0, 0.1) is 5.41 Å². The number of hydrogen-bond acceptors (Lipinski definition) is 3. The fraction of sp³-hybridized carbons (Fsp3) is 0.250. The Morgan fingerprint density at radius 3 is 2.24 bits per heavy atom. The molecule has 0 spiro atoms. The number of nitrogens with zero attached hydrogens (tertiary/aromatic N) is 1. The summed E-state index contributed by atoms with van der Waals surface area (Å²) < 4.78 is 78.4. The Kier molecular flexibility index (Phi) is 7.22. The van der Waals surface area contributed by atoms with Gasteiger partial charge in [0.25, 0.3) is 5.91 Å². The number of hydrogen-bond donors (Lipinski definition) is 3. The standard InChI is InChI=1S/C28H21ClF6N4O2/c29-20-7-3-16(14-36-25(41)26(9-10-26)28(33,34)35)11-19(20)24(40)37-18-5-1-15(2-6-18)12-23-38-21-8-4-17(27(30,31)32)13-22(21)39-23/h1-8,11,13H,9-10,12,14H2,(H,36,41)(H,37,40)(H,38,39). The van der Waals surface area contributed by atoms with Gasteiger partial charge in [-0.15, -0.1) is 0 Å². The van der Waals surface area contributed by atoms with Crippen LogP contribution in [0.15, 0.2) is 60.7 Å². The van der Waals surface area contributed by atoms with Gasteiger partial charge in [-0.05, 0) is 66.4 Å². The molecule has 6 nitrogen and oxygen atoms in total. The second-order valence-electron chi connectivity index (χ2n) is 9.82. The smallest absolute Gasteiger partial charge is 0.351 e. The highest BCUT2D eigenvalue weighted by molar-refractivity contribution is 6.34. The van der Waals surface area contributed by atoms with Gasteiger partial charge in [0.15, 0.2) is 0 Å². The maximum atomic E-state index is 13.2. The van der Waals surface area contributed by atoms with Gasteiger partial charge >= 0.3 is 12.4 Å². The Labute approximate surface area is 234 Å². The van der Waals surface area contributed by atoms with Crippen LogP contribution in [0.4, 0.5) is 32.0 Å². The topological polar surface area (TPSA) is 86.9 Å². The van der Waals surface area contributed by atoms with E-state index in [9.17, 15) is 35.9 Å². The highest BCUT2D eigenvalue weighted by atomic mass is 35.5. The molecule has 0 unspecified atom stereocenters. The average Bonchev–Trinajstić information content (AvgIpc) is 3.64. The Bertz CT molecular complexity index is 1630. The number of anilines is 1. The number of fused-ring (bicyclic) bond motifs is 1. The highest BCUT2D eigenvalue weighted by Gasteiger charge is 2.68. The van der Waals surface area contributed by atoms with Crippen molar-refractivity contribution in [2.45, 2.75) is 38.2 Å². The number of nitrogens with one attached hydrogen (secondary N) is 3. The van der Waals surface area contributed by atoms with Crippen LogP contribution in [0.2, 0.25) is 5.02 Å². The van der Waals surface area contributed by atoms with Gasteiger partial charge in [-0.3, -0.25) is 9.59 Å². The Hall–Kier alpha value is -4.06. The molecule has 4 aromatic rings. The first kappa shape index (κ1) is 28.5. The third-order valence-electron chi connectivity index (χ3n) is 6.90. The van der Waals surface area contributed by atoms with Crippen molar-refractivity contribution in [1.82, 2.24) is 15.3 Å². The summed E-state index contributed by atoms with van der Waals surface area (Å²) in [5, 5.41) is 5.10. The lowest BCUT2D eigenvalue weighted by Crippen LogP contribution is -2.40. The van der Waals surface area contributed by atoms with Crippen molar-refractivity contribution in [3.63, 3.8) is 0 Å². The first-order valence-electron chi connectivity index (χ1n) is 12.3. The number of halogens is 7. The van der Waals surface area contributed by atoms with E-state index in [2.05, 4.69) is 20.6 Å². The summed E-state index contributed by atoms with van der Waals surface area (Å²) >= 11 is 6.18. The molecular formula is C28H21ClF6N4O2. The Morgan fingerprint density at radius 2 is 1.61 bits per heavy atom. The summed E-state index contributed by atoms with van der Waals surface area (Å²) in [6.45, 7) is -0.206. The highest BCUT2D eigenvalue weighted by Crippen LogP contribution is 2.57. The van der Waals surface area contributed by atoms with E-state index >= 15 is 0 Å². The summed E-state index contributed by atoms with van der Waals surface area (Å²) in [6.07, 6.45) is -9.28. The van der Waals surface area contributed by atoms with Crippen molar-refractivity contribution < 1.29 is 35.9 Å². The molecule has 0 radical (unpaired) electrons. The van der Waals surface area contributed by atoms with Crippen LogP contribution in [0.25, 0.3) is 11.0 Å². The lowest BCUT2D eigenvalue weighted by molar-refractivity contribution is -0.192. The predicted octanol–water partition coefficient (Wildman–Crippen LogP) is 7.04. The molecule has 0 atom stereocenters.